The number of nitrogens with zero attached hydrogens (tertiary/aromatic N) is 3. The van der Waals surface area contributed by atoms with Gasteiger partial charge in [-0.15, -0.1) is 0 Å². The van der Waals surface area contributed by atoms with Crippen molar-refractivity contribution in [2.75, 3.05) is 17.2 Å². The average molecular weight is 285 g/mol. The Hall–Kier alpha value is -2.17. The van der Waals surface area contributed by atoms with E-state index in [9.17, 15) is 0 Å². The van der Waals surface area contributed by atoms with E-state index in [2.05, 4.69) is 32.5 Å². The first-order chi connectivity index (χ1) is 10.3. The fraction of sp³-hybridized carbons (Fsp3) is 0.438. The van der Waals surface area contributed by atoms with E-state index in [0.29, 0.717) is 5.95 Å². The van der Waals surface area contributed by atoms with Gasteiger partial charge in [-0.2, -0.15) is 4.98 Å². The molecule has 0 aliphatic carbocycles. The van der Waals surface area contributed by atoms with Gasteiger partial charge in [0.25, 0.3) is 0 Å². The van der Waals surface area contributed by atoms with Crippen molar-refractivity contribution in [2.24, 2.45) is 0 Å². The van der Waals surface area contributed by atoms with Crippen LogP contribution in [0.25, 0.3) is 0 Å². The minimum atomic E-state index is 0.698. The Morgan fingerprint density at radius 3 is 2.62 bits per heavy atom. The molecule has 0 saturated heterocycles. The van der Waals surface area contributed by atoms with E-state index in [0.717, 1.165) is 31.0 Å². The van der Waals surface area contributed by atoms with E-state index in [1.807, 2.05) is 25.1 Å². The van der Waals surface area contributed by atoms with Gasteiger partial charge in [0.2, 0.25) is 5.95 Å². The summed E-state index contributed by atoms with van der Waals surface area (Å²) in [4.78, 5) is 12.9. The van der Waals surface area contributed by atoms with Crippen LogP contribution in [0.4, 0.5) is 11.8 Å². The zero-order chi connectivity index (χ0) is 14.9. The maximum atomic E-state index is 4.50. The number of unbranched alkanes of at least 4 members (excludes halogenated alkanes) is 2. The summed E-state index contributed by atoms with van der Waals surface area (Å²) in [6.45, 7) is 5.83. The van der Waals surface area contributed by atoms with Crippen molar-refractivity contribution in [3.05, 3.63) is 41.9 Å². The largest absolute Gasteiger partial charge is 0.366 e. The minimum Gasteiger partial charge on any atom is -0.366 e. The molecule has 0 spiro atoms. The molecule has 0 unspecified atom stereocenters. The maximum Gasteiger partial charge on any atom is 0.224 e. The highest BCUT2D eigenvalue weighted by atomic mass is 15.1. The fourth-order valence-electron chi connectivity index (χ4n) is 2.01. The smallest absolute Gasteiger partial charge is 0.224 e. The predicted molar refractivity (Wildman–Crippen MR) is 86.3 cm³/mol. The van der Waals surface area contributed by atoms with Crippen molar-refractivity contribution in [3.63, 3.8) is 0 Å². The standard InChI is InChI=1S/C16H23N5/c1-3-4-5-8-18-16-20-13(2)11-15(21-16)19-12-14-6-9-17-10-7-14/h6-7,9-11H,3-5,8,12H2,1-2H3,(H2,18,19,20,21). The van der Waals surface area contributed by atoms with E-state index in [1.54, 1.807) is 12.4 Å². The van der Waals surface area contributed by atoms with Crippen LogP contribution in [0.1, 0.15) is 37.4 Å². The van der Waals surface area contributed by atoms with Gasteiger partial charge in [-0.3, -0.25) is 4.98 Å². The van der Waals surface area contributed by atoms with Crippen LogP contribution < -0.4 is 10.6 Å². The lowest BCUT2D eigenvalue weighted by Gasteiger charge is -2.10. The fourth-order valence-corrected chi connectivity index (χ4v) is 2.01. The van der Waals surface area contributed by atoms with Gasteiger partial charge in [0, 0.05) is 37.2 Å². The first-order valence-corrected chi connectivity index (χ1v) is 7.50. The number of anilines is 2. The molecule has 2 aromatic heterocycles. The molecular formula is C16H23N5. The van der Waals surface area contributed by atoms with Crippen LogP contribution in [0.5, 0.6) is 0 Å². The van der Waals surface area contributed by atoms with Crippen molar-refractivity contribution in [1.82, 2.24) is 15.0 Å². The van der Waals surface area contributed by atoms with Gasteiger partial charge in [0.15, 0.2) is 0 Å². The predicted octanol–water partition coefficient (Wildman–Crippen LogP) is 3.39. The summed E-state index contributed by atoms with van der Waals surface area (Å²) >= 11 is 0. The minimum absolute atomic E-state index is 0.698. The number of hydrogen-bond acceptors (Lipinski definition) is 5. The highest BCUT2D eigenvalue weighted by Gasteiger charge is 2.02. The molecule has 5 heteroatoms. The summed E-state index contributed by atoms with van der Waals surface area (Å²) < 4.78 is 0. The third-order valence-corrected chi connectivity index (χ3v) is 3.14. The number of hydrogen-bond donors (Lipinski definition) is 2. The second-order valence-corrected chi connectivity index (χ2v) is 5.06. The summed E-state index contributed by atoms with van der Waals surface area (Å²) in [7, 11) is 0. The molecule has 21 heavy (non-hydrogen) atoms. The topological polar surface area (TPSA) is 62.7 Å². The van der Waals surface area contributed by atoms with E-state index in [4.69, 9.17) is 0 Å². The van der Waals surface area contributed by atoms with E-state index in [1.165, 1.54) is 18.4 Å². The Labute approximate surface area is 126 Å². The lowest BCUT2D eigenvalue weighted by atomic mass is 10.2. The quantitative estimate of drug-likeness (QED) is 0.728. The van der Waals surface area contributed by atoms with Crippen LogP contribution in [0, 0.1) is 6.92 Å². The van der Waals surface area contributed by atoms with Gasteiger partial charge in [-0.1, -0.05) is 19.8 Å². The van der Waals surface area contributed by atoms with Crippen LogP contribution in [0.15, 0.2) is 30.6 Å². The zero-order valence-electron chi connectivity index (χ0n) is 12.8. The van der Waals surface area contributed by atoms with Crippen LogP contribution >= 0.6 is 0 Å². The molecule has 2 aromatic rings. The zero-order valence-corrected chi connectivity index (χ0v) is 12.8. The lowest BCUT2D eigenvalue weighted by Crippen LogP contribution is -2.09. The second kappa shape index (κ2) is 8.19. The van der Waals surface area contributed by atoms with Crippen LogP contribution in [-0.4, -0.2) is 21.5 Å². The number of nitrogens with one attached hydrogen (secondary N) is 2. The monoisotopic (exact) mass is 285 g/mol. The summed E-state index contributed by atoms with van der Waals surface area (Å²) in [5, 5.41) is 6.61. The molecular weight excluding hydrogens is 262 g/mol. The lowest BCUT2D eigenvalue weighted by molar-refractivity contribution is 0.740. The SMILES string of the molecule is CCCCCNc1nc(C)cc(NCc2ccncc2)n1. The number of aryl methyl sites for hydroxylation is 1. The van der Waals surface area contributed by atoms with Gasteiger partial charge >= 0.3 is 0 Å². The van der Waals surface area contributed by atoms with Crippen LogP contribution in [0.3, 0.4) is 0 Å². The van der Waals surface area contributed by atoms with E-state index >= 15 is 0 Å². The Morgan fingerprint density at radius 2 is 1.86 bits per heavy atom. The molecule has 0 aliphatic heterocycles. The molecule has 2 rings (SSSR count). The normalized spacial score (nSPS) is 10.4. The maximum absolute atomic E-state index is 4.50. The molecule has 0 radical (unpaired) electrons. The number of rotatable bonds is 8. The van der Waals surface area contributed by atoms with Gasteiger partial charge in [-0.05, 0) is 31.0 Å². The summed E-state index contributed by atoms with van der Waals surface area (Å²) in [6, 6.07) is 5.94. The van der Waals surface area contributed by atoms with Gasteiger partial charge in [0.1, 0.15) is 5.82 Å². The molecule has 0 aliphatic rings. The third-order valence-electron chi connectivity index (χ3n) is 3.14. The molecule has 0 fully saturated rings. The summed E-state index contributed by atoms with van der Waals surface area (Å²) in [6.07, 6.45) is 7.18. The van der Waals surface area contributed by atoms with Crippen molar-refractivity contribution in [3.8, 4) is 0 Å². The van der Waals surface area contributed by atoms with Crippen molar-refractivity contribution >= 4 is 11.8 Å². The average Bonchev–Trinajstić information content (AvgIpc) is 2.50. The Bertz CT molecular complexity index is 542. The molecule has 112 valence electrons. The molecule has 0 aromatic carbocycles. The molecule has 0 atom stereocenters. The molecule has 2 heterocycles. The third kappa shape index (κ3) is 5.38. The Balaban J connectivity index is 1.91. The molecule has 2 N–H and O–H groups in total. The Kier molecular flexibility index (Phi) is 5.94. The summed E-state index contributed by atoms with van der Waals surface area (Å²) in [5.41, 5.74) is 2.14. The second-order valence-electron chi connectivity index (χ2n) is 5.06. The first kappa shape index (κ1) is 15.2. The summed E-state index contributed by atoms with van der Waals surface area (Å²) in [5.74, 6) is 1.54. The molecule has 5 nitrogen and oxygen atoms in total. The Morgan fingerprint density at radius 1 is 1.05 bits per heavy atom. The highest BCUT2D eigenvalue weighted by molar-refractivity contribution is 5.42. The number of pyridine rings is 1. The highest BCUT2D eigenvalue weighted by Crippen LogP contribution is 2.11. The van der Waals surface area contributed by atoms with Crippen molar-refractivity contribution < 1.29 is 0 Å². The van der Waals surface area contributed by atoms with Crippen LogP contribution in [0.2, 0.25) is 0 Å². The number of aromatic nitrogens is 3. The van der Waals surface area contributed by atoms with Gasteiger partial charge in [0.05, 0.1) is 0 Å². The molecule has 0 bridgehead atoms. The first-order valence-electron chi connectivity index (χ1n) is 7.50. The van der Waals surface area contributed by atoms with Crippen LogP contribution in [-0.2, 0) is 6.54 Å². The van der Waals surface area contributed by atoms with Crippen molar-refractivity contribution in [1.29, 1.82) is 0 Å². The van der Waals surface area contributed by atoms with E-state index < -0.39 is 0 Å². The molecule has 0 saturated carbocycles. The van der Waals surface area contributed by atoms with Gasteiger partial charge in [-0.25, -0.2) is 4.98 Å². The molecule has 0 amide bonds. The van der Waals surface area contributed by atoms with E-state index in [-0.39, 0.29) is 0 Å². The van der Waals surface area contributed by atoms with Gasteiger partial charge < -0.3 is 10.6 Å². The van der Waals surface area contributed by atoms with Crippen molar-refractivity contribution in [2.45, 2.75) is 39.7 Å².